The summed E-state index contributed by atoms with van der Waals surface area (Å²) in [6.45, 7) is 0.399. The maximum Gasteiger partial charge on any atom is 0.226 e. The number of carbonyl (C=O) groups is 1. The van der Waals surface area contributed by atoms with Crippen LogP contribution in [0.3, 0.4) is 0 Å². The average molecular weight is 537 g/mol. The Labute approximate surface area is 224 Å². The average Bonchev–Trinajstić information content (AvgIpc) is 3.48. The fourth-order valence-corrected chi connectivity index (χ4v) is 5.10. The van der Waals surface area contributed by atoms with Crippen molar-refractivity contribution in [3.05, 3.63) is 107 Å². The normalized spacial score (nSPS) is 17.2. The molecule has 5 rings (SSSR count). The van der Waals surface area contributed by atoms with Crippen LogP contribution in [0.1, 0.15) is 30.0 Å². The van der Waals surface area contributed by atoms with Crippen molar-refractivity contribution in [3.63, 3.8) is 0 Å². The molecule has 3 heterocycles. The van der Waals surface area contributed by atoms with Crippen LogP contribution in [-0.4, -0.2) is 27.4 Å². The second kappa shape index (κ2) is 10.7. The van der Waals surface area contributed by atoms with Crippen molar-refractivity contribution in [2.24, 2.45) is 0 Å². The first kappa shape index (κ1) is 24.3. The minimum absolute atomic E-state index is 0.0999. The molecule has 182 valence electrons. The van der Waals surface area contributed by atoms with Gasteiger partial charge in [-0.05, 0) is 66.8 Å². The van der Waals surface area contributed by atoms with E-state index in [1.165, 1.54) is 0 Å². The topological polar surface area (TPSA) is 70.4 Å². The summed E-state index contributed by atoms with van der Waals surface area (Å²) >= 11 is 18.2. The highest BCUT2D eigenvalue weighted by Crippen LogP contribution is 2.41. The first-order valence-electron chi connectivity index (χ1n) is 11.4. The Morgan fingerprint density at radius 3 is 2.61 bits per heavy atom. The van der Waals surface area contributed by atoms with Crippen LogP contribution in [0.25, 0.3) is 11.3 Å². The van der Waals surface area contributed by atoms with E-state index in [0.717, 1.165) is 16.9 Å². The number of para-hydroxylation sites is 1. The van der Waals surface area contributed by atoms with Crippen LogP contribution in [0.15, 0.2) is 89.5 Å². The third kappa shape index (κ3) is 5.23. The molecule has 0 spiro atoms. The number of rotatable bonds is 7. The lowest BCUT2D eigenvalue weighted by Gasteiger charge is -2.25. The first-order chi connectivity index (χ1) is 17.5. The predicted molar refractivity (Wildman–Crippen MR) is 146 cm³/mol. The van der Waals surface area contributed by atoms with E-state index in [-0.39, 0.29) is 24.4 Å². The Bertz CT molecular complexity index is 1380. The highest BCUT2D eigenvalue weighted by atomic mass is 35.5. The number of hydrogen-bond acceptors (Lipinski definition) is 4. The van der Waals surface area contributed by atoms with Crippen LogP contribution < -0.4 is 10.6 Å². The van der Waals surface area contributed by atoms with Crippen molar-refractivity contribution in [1.29, 1.82) is 0 Å². The van der Waals surface area contributed by atoms with Crippen molar-refractivity contribution in [2.45, 2.75) is 18.5 Å². The number of aromatic nitrogens is 1. The lowest BCUT2D eigenvalue weighted by atomic mass is 10.0. The molecule has 1 aliphatic heterocycles. The van der Waals surface area contributed by atoms with Gasteiger partial charge in [-0.3, -0.25) is 9.78 Å². The molecular formula is C27H22Cl2N4O2S. The van der Waals surface area contributed by atoms with Crippen molar-refractivity contribution in [1.82, 2.24) is 15.2 Å². The molecule has 36 heavy (non-hydrogen) atoms. The number of furan rings is 1. The number of anilines is 1. The van der Waals surface area contributed by atoms with Crippen LogP contribution in [-0.2, 0) is 4.79 Å². The Kier molecular flexibility index (Phi) is 7.23. The molecule has 9 heteroatoms. The van der Waals surface area contributed by atoms with Gasteiger partial charge in [-0.2, -0.15) is 0 Å². The summed E-state index contributed by atoms with van der Waals surface area (Å²) in [5.41, 5.74) is 2.32. The van der Waals surface area contributed by atoms with E-state index in [1.807, 2.05) is 71.6 Å². The number of nitrogens with zero attached hydrogens (tertiary/aromatic N) is 2. The summed E-state index contributed by atoms with van der Waals surface area (Å²) in [5.74, 6) is 1.20. The molecule has 0 aliphatic carbocycles. The van der Waals surface area contributed by atoms with E-state index in [1.54, 1.807) is 18.3 Å². The zero-order chi connectivity index (χ0) is 25.1. The Balaban J connectivity index is 1.42. The van der Waals surface area contributed by atoms with Crippen molar-refractivity contribution in [3.8, 4) is 11.3 Å². The van der Waals surface area contributed by atoms with Gasteiger partial charge in [-0.25, -0.2) is 0 Å². The van der Waals surface area contributed by atoms with Crippen LogP contribution in [0, 0.1) is 0 Å². The zero-order valence-electron chi connectivity index (χ0n) is 19.0. The molecular weight excluding hydrogens is 515 g/mol. The van der Waals surface area contributed by atoms with Gasteiger partial charge >= 0.3 is 0 Å². The van der Waals surface area contributed by atoms with Crippen molar-refractivity contribution in [2.75, 3.05) is 11.9 Å². The number of hydrogen-bond donors (Lipinski definition) is 2. The molecule has 4 aromatic rings. The molecule has 0 bridgehead atoms. The quantitative estimate of drug-likeness (QED) is 0.257. The van der Waals surface area contributed by atoms with Gasteiger partial charge in [0.25, 0.3) is 0 Å². The van der Waals surface area contributed by atoms with Gasteiger partial charge in [0.05, 0.1) is 16.8 Å². The maximum atomic E-state index is 12.7. The molecule has 0 unspecified atom stereocenters. The number of benzene rings is 2. The lowest BCUT2D eigenvalue weighted by Crippen LogP contribution is -2.32. The summed E-state index contributed by atoms with van der Waals surface area (Å²) < 4.78 is 6.31. The maximum absolute atomic E-state index is 12.7. The minimum atomic E-state index is -0.309. The first-order valence-corrected chi connectivity index (χ1v) is 12.5. The van der Waals surface area contributed by atoms with Crippen LogP contribution in [0.5, 0.6) is 0 Å². The van der Waals surface area contributed by atoms with Gasteiger partial charge in [-0.15, -0.1) is 0 Å². The predicted octanol–water partition coefficient (Wildman–Crippen LogP) is 6.65. The number of carbonyl (C=O) groups excluding carboxylic acids is 1. The highest BCUT2D eigenvalue weighted by molar-refractivity contribution is 7.80. The molecule has 2 aromatic heterocycles. The molecule has 2 aromatic carbocycles. The van der Waals surface area contributed by atoms with E-state index in [2.05, 4.69) is 15.6 Å². The largest absolute Gasteiger partial charge is 0.459 e. The fourth-order valence-electron chi connectivity index (χ4n) is 4.27. The summed E-state index contributed by atoms with van der Waals surface area (Å²) in [5, 5.41) is 7.88. The third-order valence-corrected chi connectivity index (χ3v) is 6.85. The van der Waals surface area contributed by atoms with E-state index >= 15 is 0 Å². The number of pyridine rings is 1. The van der Waals surface area contributed by atoms with Crippen LogP contribution in [0.2, 0.25) is 10.0 Å². The van der Waals surface area contributed by atoms with E-state index in [9.17, 15) is 4.79 Å². The minimum Gasteiger partial charge on any atom is -0.459 e. The molecule has 1 saturated heterocycles. The summed E-state index contributed by atoms with van der Waals surface area (Å²) in [6, 6.07) is 23.6. The molecule has 1 aliphatic rings. The van der Waals surface area contributed by atoms with Crippen LogP contribution in [0.4, 0.5) is 5.69 Å². The standard InChI is InChI=1S/C27H22Cl2N4O2S/c28-17-9-10-19(20(29)16-17)22-11-12-23(35-22)26-25(21-8-4-5-14-30-21)32-27(36)33(26)15-13-24(34)31-18-6-2-1-3-7-18/h1-12,14,16,25-26H,13,15H2,(H,31,34)(H,32,36)/t25-,26-/m0/s1. The Morgan fingerprint density at radius 1 is 1.06 bits per heavy atom. The second-order valence-electron chi connectivity index (χ2n) is 8.31. The number of nitrogens with one attached hydrogen (secondary N) is 2. The van der Waals surface area contributed by atoms with Gasteiger partial charge in [-0.1, -0.05) is 47.5 Å². The molecule has 2 N–H and O–H groups in total. The fraction of sp³-hybridized carbons (Fsp3) is 0.148. The van der Waals surface area contributed by atoms with E-state index in [4.69, 9.17) is 39.8 Å². The number of thiocarbonyl (C=S) groups is 1. The van der Waals surface area contributed by atoms with Gasteiger partial charge in [0.1, 0.15) is 17.6 Å². The Morgan fingerprint density at radius 2 is 1.86 bits per heavy atom. The van der Waals surface area contributed by atoms with E-state index in [0.29, 0.717) is 33.2 Å². The smallest absolute Gasteiger partial charge is 0.226 e. The summed E-state index contributed by atoms with van der Waals surface area (Å²) in [6.07, 6.45) is 1.99. The zero-order valence-corrected chi connectivity index (χ0v) is 21.4. The SMILES string of the molecule is O=C(CCN1C(=S)N[C@@H](c2ccccn2)[C@@H]1c1ccc(-c2ccc(Cl)cc2Cl)o1)Nc1ccccc1. The van der Waals surface area contributed by atoms with Gasteiger partial charge < -0.3 is 20.0 Å². The van der Waals surface area contributed by atoms with Crippen molar-refractivity contribution < 1.29 is 9.21 Å². The molecule has 1 amide bonds. The molecule has 6 nitrogen and oxygen atoms in total. The molecule has 2 atom stereocenters. The van der Waals surface area contributed by atoms with E-state index < -0.39 is 0 Å². The number of halogens is 2. The van der Waals surface area contributed by atoms with Crippen molar-refractivity contribution >= 4 is 52.1 Å². The van der Waals surface area contributed by atoms with Gasteiger partial charge in [0.15, 0.2) is 5.11 Å². The highest BCUT2D eigenvalue weighted by Gasteiger charge is 2.41. The molecule has 1 fully saturated rings. The third-order valence-electron chi connectivity index (χ3n) is 5.95. The molecule has 0 radical (unpaired) electrons. The van der Waals surface area contributed by atoms with Gasteiger partial charge in [0, 0.05) is 35.4 Å². The summed E-state index contributed by atoms with van der Waals surface area (Å²) in [7, 11) is 0. The molecule has 0 saturated carbocycles. The van der Waals surface area contributed by atoms with Crippen LogP contribution >= 0.6 is 35.4 Å². The number of amides is 1. The second-order valence-corrected chi connectivity index (χ2v) is 9.54. The summed E-state index contributed by atoms with van der Waals surface area (Å²) in [4.78, 5) is 19.2. The Hall–Kier alpha value is -3.39. The lowest BCUT2D eigenvalue weighted by molar-refractivity contribution is -0.116. The van der Waals surface area contributed by atoms with Gasteiger partial charge in [0.2, 0.25) is 5.91 Å². The monoisotopic (exact) mass is 536 g/mol.